The van der Waals surface area contributed by atoms with E-state index < -0.39 is 0 Å². The van der Waals surface area contributed by atoms with Crippen LogP contribution in [0.3, 0.4) is 0 Å². The highest BCUT2D eigenvalue weighted by Crippen LogP contribution is 2.16. The largest absolute Gasteiger partial charge is 0.379 e. The molecule has 0 saturated carbocycles. The third kappa shape index (κ3) is 6.53. The van der Waals surface area contributed by atoms with Crippen LogP contribution in [0.15, 0.2) is 30.3 Å². The highest BCUT2D eigenvalue weighted by molar-refractivity contribution is 5.18. The molecule has 1 aromatic rings. The zero-order chi connectivity index (χ0) is 14.6. The van der Waals surface area contributed by atoms with Crippen LogP contribution >= 0.6 is 0 Å². The summed E-state index contributed by atoms with van der Waals surface area (Å²) in [5.41, 5.74) is 1.32. The third-order valence-corrected chi connectivity index (χ3v) is 3.83. The van der Waals surface area contributed by atoms with Gasteiger partial charge in [0.2, 0.25) is 0 Å². The smallest absolute Gasteiger partial charge is 0.0661 e. The van der Waals surface area contributed by atoms with Gasteiger partial charge in [-0.1, -0.05) is 70.4 Å². The molecule has 20 heavy (non-hydrogen) atoms. The Morgan fingerprint density at radius 1 is 1.05 bits per heavy atom. The van der Waals surface area contributed by atoms with Gasteiger partial charge in [-0.05, 0) is 24.4 Å². The fraction of sp³-hybridized carbons (Fsp3) is 0.667. The molecule has 0 heterocycles. The van der Waals surface area contributed by atoms with Crippen LogP contribution in [-0.4, -0.2) is 19.8 Å². The molecule has 0 aliphatic heterocycles. The average molecular weight is 277 g/mol. The van der Waals surface area contributed by atoms with Gasteiger partial charge in [-0.15, -0.1) is 0 Å². The standard InChI is InChI=1S/C18H31NO/c1-4-7-11-16(5-2)14-20-15-18(19-6-3)17-12-9-8-10-13-17/h8-10,12-13,16,18-19H,4-7,11,14-15H2,1-3H3. The Labute approximate surface area is 124 Å². The van der Waals surface area contributed by atoms with Crippen molar-refractivity contribution in [2.75, 3.05) is 19.8 Å². The molecule has 0 aliphatic rings. The summed E-state index contributed by atoms with van der Waals surface area (Å²) in [5, 5.41) is 3.51. The van der Waals surface area contributed by atoms with Crippen molar-refractivity contribution in [2.24, 2.45) is 5.92 Å². The maximum atomic E-state index is 5.99. The van der Waals surface area contributed by atoms with Gasteiger partial charge in [0, 0.05) is 6.61 Å². The first-order valence-electron chi connectivity index (χ1n) is 8.17. The van der Waals surface area contributed by atoms with Gasteiger partial charge in [0.25, 0.3) is 0 Å². The van der Waals surface area contributed by atoms with Crippen molar-refractivity contribution in [1.29, 1.82) is 0 Å². The molecule has 0 aromatic heterocycles. The van der Waals surface area contributed by atoms with E-state index in [0.717, 1.165) is 19.8 Å². The molecule has 2 nitrogen and oxygen atoms in total. The highest BCUT2D eigenvalue weighted by atomic mass is 16.5. The minimum absolute atomic E-state index is 0.310. The Kier molecular flexibility index (Phi) is 9.35. The fourth-order valence-electron chi connectivity index (χ4n) is 2.46. The fourth-order valence-corrected chi connectivity index (χ4v) is 2.46. The van der Waals surface area contributed by atoms with Gasteiger partial charge in [0.15, 0.2) is 0 Å². The molecular weight excluding hydrogens is 246 g/mol. The molecule has 0 aliphatic carbocycles. The predicted octanol–water partition coefficient (Wildman–Crippen LogP) is 4.57. The van der Waals surface area contributed by atoms with Crippen LogP contribution in [0.5, 0.6) is 0 Å². The summed E-state index contributed by atoms with van der Waals surface area (Å²) < 4.78 is 5.99. The zero-order valence-corrected chi connectivity index (χ0v) is 13.4. The Hall–Kier alpha value is -0.860. The predicted molar refractivity (Wildman–Crippen MR) is 87.0 cm³/mol. The zero-order valence-electron chi connectivity index (χ0n) is 13.4. The quantitative estimate of drug-likeness (QED) is 0.639. The first-order valence-corrected chi connectivity index (χ1v) is 8.17. The second-order valence-electron chi connectivity index (χ2n) is 5.47. The van der Waals surface area contributed by atoms with Crippen LogP contribution in [0.4, 0.5) is 0 Å². The molecule has 1 rings (SSSR count). The second-order valence-corrected chi connectivity index (χ2v) is 5.47. The maximum absolute atomic E-state index is 5.99. The van der Waals surface area contributed by atoms with Crippen LogP contribution in [0.1, 0.15) is 58.1 Å². The molecule has 0 saturated heterocycles. The van der Waals surface area contributed by atoms with Crippen molar-refractivity contribution in [3.63, 3.8) is 0 Å². The van der Waals surface area contributed by atoms with E-state index in [2.05, 4.69) is 56.4 Å². The number of hydrogen-bond donors (Lipinski definition) is 1. The monoisotopic (exact) mass is 277 g/mol. The van der Waals surface area contributed by atoms with Gasteiger partial charge < -0.3 is 10.1 Å². The molecule has 114 valence electrons. The van der Waals surface area contributed by atoms with E-state index in [1.54, 1.807) is 0 Å². The van der Waals surface area contributed by atoms with Crippen LogP contribution in [-0.2, 0) is 4.74 Å². The van der Waals surface area contributed by atoms with E-state index in [1.165, 1.54) is 31.2 Å². The van der Waals surface area contributed by atoms with Crippen molar-refractivity contribution < 1.29 is 4.74 Å². The van der Waals surface area contributed by atoms with Gasteiger partial charge in [0.05, 0.1) is 12.6 Å². The lowest BCUT2D eigenvalue weighted by Gasteiger charge is -2.21. The summed E-state index contributed by atoms with van der Waals surface area (Å²) in [6.45, 7) is 9.29. The number of benzene rings is 1. The number of likely N-dealkylation sites (N-methyl/N-ethyl adjacent to an activating group) is 1. The highest BCUT2D eigenvalue weighted by Gasteiger charge is 2.12. The lowest BCUT2D eigenvalue weighted by Crippen LogP contribution is -2.26. The van der Waals surface area contributed by atoms with Crippen molar-refractivity contribution in [1.82, 2.24) is 5.32 Å². The summed E-state index contributed by atoms with van der Waals surface area (Å²) >= 11 is 0. The van der Waals surface area contributed by atoms with Crippen molar-refractivity contribution in [3.05, 3.63) is 35.9 Å². The van der Waals surface area contributed by atoms with Crippen molar-refractivity contribution in [2.45, 2.75) is 52.5 Å². The van der Waals surface area contributed by atoms with Crippen LogP contribution in [0.25, 0.3) is 0 Å². The first-order chi connectivity index (χ1) is 9.81. The topological polar surface area (TPSA) is 21.3 Å². The second kappa shape index (κ2) is 10.9. The molecular formula is C18H31NO. The van der Waals surface area contributed by atoms with E-state index in [4.69, 9.17) is 4.74 Å². The number of nitrogens with one attached hydrogen (secondary N) is 1. The summed E-state index contributed by atoms with van der Waals surface area (Å²) in [7, 11) is 0. The molecule has 1 aromatic carbocycles. The normalized spacial score (nSPS) is 14.2. The minimum Gasteiger partial charge on any atom is -0.379 e. The van der Waals surface area contributed by atoms with E-state index >= 15 is 0 Å². The van der Waals surface area contributed by atoms with Crippen LogP contribution in [0.2, 0.25) is 0 Å². The first kappa shape index (κ1) is 17.2. The number of ether oxygens (including phenoxy) is 1. The van der Waals surface area contributed by atoms with E-state index in [9.17, 15) is 0 Å². The molecule has 2 atom stereocenters. The SMILES string of the molecule is CCCCC(CC)COCC(NCC)c1ccccc1. The lowest BCUT2D eigenvalue weighted by molar-refractivity contribution is 0.0769. The molecule has 2 unspecified atom stereocenters. The Morgan fingerprint density at radius 2 is 1.80 bits per heavy atom. The van der Waals surface area contributed by atoms with Crippen LogP contribution in [0, 0.1) is 5.92 Å². The van der Waals surface area contributed by atoms with E-state index in [0.29, 0.717) is 12.0 Å². The minimum atomic E-state index is 0.310. The van der Waals surface area contributed by atoms with Crippen molar-refractivity contribution in [3.8, 4) is 0 Å². The average Bonchev–Trinajstić information content (AvgIpc) is 2.50. The van der Waals surface area contributed by atoms with Gasteiger partial charge in [-0.25, -0.2) is 0 Å². The summed E-state index contributed by atoms with van der Waals surface area (Å²) in [4.78, 5) is 0. The summed E-state index contributed by atoms with van der Waals surface area (Å²) in [6.07, 6.45) is 5.11. The Morgan fingerprint density at radius 3 is 2.40 bits per heavy atom. The van der Waals surface area contributed by atoms with Crippen LogP contribution < -0.4 is 5.32 Å². The maximum Gasteiger partial charge on any atom is 0.0661 e. The molecule has 2 heteroatoms. The van der Waals surface area contributed by atoms with E-state index in [-0.39, 0.29) is 0 Å². The third-order valence-electron chi connectivity index (χ3n) is 3.83. The molecule has 0 spiro atoms. The molecule has 0 amide bonds. The van der Waals surface area contributed by atoms with E-state index in [1.807, 2.05) is 0 Å². The molecule has 0 fully saturated rings. The lowest BCUT2D eigenvalue weighted by atomic mass is 10.0. The summed E-state index contributed by atoms with van der Waals surface area (Å²) in [6, 6.07) is 10.9. The number of rotatable bonds is 11. The van der Waals surface area contributed by atoms with Gasteiger partial charge in [-0.3, -0.25) is 0 Å². The molecule has 0 bridgehead atoms. The van der Waals surface area contributed by atoms with Gasteiger partial charge >= 0.3 is 0 Å². The molecule has 0 radical (unpaired) electrons. The number of hydrogen-bond acceptors (Lipinski definition) is 2. The van der Waals surface area contributed by atoms with Crippen molar-refractivity contribution >= 4 is 0 Å². The van der Waals surface area contributed by atoms with Gasteiger partial charge in [-0.2, -0.15) is 0 Å². The Balaban J connectivity index is 2.39. The number of unbranched alkanes of at least 4 members (excludes halogenated alkanes) is 1. The summed E-state index contributed by atoms with van der Waals surface area (Å²) in [5.74, 6) is 0.716. The molecule has 1 N–H and O–H groups in total. The van der Waals surface area contributed by atoms with Gasteiger partial charge in [0.1, 0.15) is 0 Å². The Bertz CT molecular complexity index is 325.